The first-order valence-electron chi connectivity index (χ1n) is 7.62. The van der Waals surface area contributed by atoms with E-state index in [2.05, 4.69) is 14.8 Å². The number of halogens is 1. The molecule has 110 valence electrons. The zero-order valence-electron chi connectivity index (χ0n) is 11.9. The van der Waals surface area contributed by atoms with Gasteiger partial charge in [0.25, 0.3) is 0 Å². The van der Waals surface area contributed by atoms with Crippen LogP contribution < -0.4 is 10.6 Å². The third kappa shape index (κ3) is 2.92. The molecule has 0 unspecified atom stereocenters. The van der Waals surface area contributed by atoms with Gasteiger partial charge in [-0.3, -0.25) is 4.90 Å². The molecule has 2 aliphatic rings. The smallest absolute Gasteiger partial charge is 0.129 e. The second-order valence-corrected chi connectivity index (χ2v) is 6.17. The van der Waals surface area contributed by atoms with Gasteiger partial charge in [0.2, 0.25) is 0 Å². The monoisotopic (exact) mass is 294 g/mol. The average molecular weight is 295 g/mol. The second kappa shape index (κ2) is 6.29. The van der Waals surface area contributed by atoms with Gasteiger partial charge in [-0.1, -0.05) is 24.4 Å². The van der Waals surface area contributed by atoms with Gasteiger partial charge in [-0.25, -0.2) is 4.98 Å². The average Bonchev–Trinajstić information content (AvgIpc) is 3.02. The number of hydrogen-bond donors (Lipinski definition) is 1. The molecular weight excluding hydrogens is 272 g/mol. The van der Waals surface area contributed by atoms with Crippen LogP contribution in [-0.4, -0.2) is 42.1 Å². The molecule has 20 heavy (non-hydrogen) atoms. The quantitative estimate of drug-likeness (QED) is 0.929. The largest absolute Gasteiger partial charge is 0.354 e. The molecule has 1 aromatic rings. The normalized spacial score (nSPS) is 21.6. The fourth-order valence-corrected chi connectivity index (χ4v) is 3.56. The summed E-state index contributed by atoms with van der Waals surface area (Å²) in [5, 5.41) is 0.667. The summed E-state index contributed by atoms with van der Waals surface area (Å²) in [5.41, 5.74) is 6.47. The van der Waals surface area contributed by atoms with Crippen molar-refractivity contribution in [1.29, 1.82) is 0 Å². The van der Waals surface area contributed by atoms with Gasteiger partial charge in [-0.15, -0.1) is 0 Å². The highest BCUT2D eigenvalue weighted by Crippen LogP contribution is 2.26. The topological polar surface area (TPSA) is 45.4 Å². The lowest BCUT2D eigenvalue weighted by Gasteiger charge is -2.38. The van der Waals surface area contributed by atoms with Crippen LogP contribution >= 0.6 is 11.6 Å². The number of hydrogen-bond acceptors (Lipinski definition) is 4. The number of rotatable bonds is 3. The fraction of sp³-hybridized carbons (Fsp3) is 0.667. The van der Waals surface area contributed by atoms with Crippen molar-refractivity contribution >= 4 is 17.4 Å². The Hall–Kier alpha value is -0.840. The van der Waals surface area contributed by atoms with Crippen molar-refractivity contribution in [2.24, 2.45) is 5.73 Å². The Labute approximate surface area is 125 Å². The van der Waals surface area contributed by atoms with E-state index in [1.54, 1.807) is 0 Å². The zero-order chi connectivity index (χ0) is 13.9. The van der Waals surface area contributed by atoms with E-state index >= 15 is 0 Å². The molecule has 0 spiro atoms. The molecule has 3 rings (SSSR count). The molecule has 1 aromatic heterocycles. The van der Waals surface area contributed by atoms with E-state index in [-0.39, 0.29) is 0 Å². The molecule has 1 saturated carbocycles. The predicted molar refractivity (Wildman–Crippen MR) is 83.2 cm³/mol. The third-order valence-electron chi connectivity index (χ3n) is 4.58. The summed E-state index contributed by atoms with van der Waals surface area (Å²) < 4.78 is 0. The summed E-state index contributed by atoms with van der Waals surface area (Å²) in [7, 11) is 0. The van der Waals surface area contributed by atoms with E-state index in [0.29, 0.717) is 11.6 Å². The molecule has 2 N–H and O–H groups in total. The molecular formula is C15H23ClN4. The van der Waals surface area contributed by atoms with E-state index in [4.69, 9.17) is 17.3 Å². The molecule has 5 heteroatoms. The first-order chi connectivity index (χ1) is 9.78. The van der Waals surface area contributed by atoms with Crippen molar-refractivity contribution in [2.45, 2.75) is 38.3 Å². The van der Waals surface area contributed by atoms with Crippen LogP contribution in [0, 0.1) is 0 Å². The van der Waals surface area contributed by atoms with Gasteiger partial charge >= 0.3 is 0 Å². The summed E-state index contributed by atoms with van der Waals surface area (Å²) in [4.78, 5) is 9.59. The van der Waals surface area contributed by atoms with Crippen LogP contribution in [0.3, 0.4) is 0 Å². The van der Waals surface area contributed by atoms with Gasteiger partial charge in [0.05, 0.1) is 10.7 Å². The predicted octanol–water partition coefficient (Wildman–Crippen LogP) is 2.26. The Balaban J connectivity index is 1.62. The molecule has 0 bridgehead atoms. The Morgan fingerprint density at radius 1 is 1.15 bits per heavy atom. The van der Waals surface area contributed by atoms with E-state index in [0.717, 1.165) is 43.7 Å². The van der Waals surface area contributed by atoms with Crippen LogP contribution in [0.2, 0.25) is 5.02 Å². The number of nitrogens with zero attached hydrogens (tertiary/aromatic N) is 3. The van der Waals surface area contributed by atoms with Crippen molar-refractivity contribution in [2.75, 3.05) is 31.1 Å². The van der Waals surface area contributed by atoms with E-state index in [1.807, 2.05) is 12.1 Å². The van der Waals surface area contributed by atoms with Crippen LogP contribution in [0.25, 0.3) is 0 Å². The number of pyridine rings is 1. The molecule has 0 aromatic carbocycles. The van der Waals surface area contributed by atoms with Crippen molar-refractivity contribution < 1.29 is 0 Å². The number of piperazine rings is 1. The van der Waals surface area contributed by atoms with Crippen LogP contribution in [0.4, 0.5) is 5.82 Å². The Morgan fingerprint density at radius 2 is 1.85 bits per heavy atom. The minimum absolute atomic E-state index is 0.398. The minimum atomic E-state index is 0.398. The molecule has 0 atom stereocenters. The minimum Gasteiger partial charge on any atom is -0.354 e. The lowest BCUT2D eigenvalue weighted by molar-refractivity contribution is 0.187. The third-order valence-corrected chi connectivity index (χ3v) is 4.92. The van der Waals surface area contributed by atoms with Gasteiger partial charge in [0.15, 0.2) is 0 Å². The van der Waals surface area contributed by atoms with Crippen molar-refractivity contribution in [3.63, 3.8) is 0 Å². The maximum Gasteiger partial charge on any atom is 0.129 e. The Kier molecular flexibility index (Phi) is 4.44. The number of nitrogens with two attached hydrogens (primary N) is 1. The highest BCUT2D eigenvalue weighted by molar-refractivity contribution is 6.31. The number of aromatic nitrogens is 1. The van der Waals surface area contributed by atoms with Crippen molar-refractivity contribution in [3.8, 4) is 0 Å². The lowest BCUT2D eigenvalue weighted by Crippen LogP contribution is -2.50. The second-order valence-electron chi connectivity index (χ2n) is 5.76. The zero-order valence-corrected chi connectivity index (χ0v) is 12.6. The summed E-state index contributed by atoms with van der Waals surface area (Å²) in [6, 6.07) is 4.75. The standard InChI is InChI=1S/C15H23ClN4/c16-13-5-6-15(18-14(13)11-17)20-9-7-19(8-10-20)12-3-1-2-4-12/h5-6,12H,1-4,7-11,17H2. The van der Waals surface area contributed by atoms with Gasteiger partial charge < -0.3 is 10.6 Å². The maximum absolute atomic E-state index is 6.08. The SMILES string of the molecule is NCc1nc(N2CCN(C3CCCC3)CC2)ccc1Cl. The molecule has 0 amide bonds. The molecule has 4 nitrogen and oxygen atoms in total. The summed E-state index contributed by atoms with van der Waals surface area (Å²) >= 11 is 6.08. The summed E-state index contributed by atoms with van der Waals surface area (Å²) in [6.07, 6.45) is 5.58. The molecule has 0 radical (unpaired) electrons. The Morgan fingerprint density at radius 3 is 2.50 bits per heavy atom. The number of anilines is 1. The molecule has 1 saturated heterocycles. The van der Waals surface area contributed by atoms with Crippen LogP contribution in [-0.2, 0) is 6.54 Å². The summed E-state index contributed by atoms with van der Waals surface area (Å²) in [5.74, 6) is 1.01. The van der Waals surface area contributed by atoms with Gasteiger partial charge in [-0.05, 0) is 25.0 Å². The van der Waals surface area contributed by atoms with Gasteiger partial charge in [-0.2, -0.15) is 0 Å². The molecule has 1 aliphatic heterocycles. The lowest BCUT2D eigenvalue weighted by atomic mass is 10.2. The molecule has 1 aliphatic carbocycles. The highest BCUT2D eigenvalue weighted by atomic mass is 35.5. The maximum atomic E-state index is 6.08. The van der Waals surface area contributed by atoms with Crippen molar-refractivity contribution in [3.05, 3.63) is 22.8 Å². The van der Waals surface area contributed by atoms with E-state index < -0.39 is 0 Å². The first kappa shape index (κ1) is 14.1. The summed E-state index contributed by atoms with van der Waals surface area (Å²) in [6.45, 7) is 4.79. The van der Waals surface area contributed by atoms with Crippen molar-refractivity contribution in [1.82, 2.24) is 9.88 Å². The first-order valence-corrected chi connectivity index (χ1v) is 8.00. The highest BCUT2D eigenvalue weighted by Gasteiger charge is 2.26. The fourth-order valence-electron chi connectivity index (χ4n) is 3.38. The van der Waals surface area contributed by atoms with Crippen LogP contribution in [0.15, 0.2) is 12.1 Å². The van der Waals surface area contributed by atoms with E-state index in [1.165, 1.54) is 25.7 Å². The van der Waals surface area contributed by atoms with Crippen LogP contribution in [0.1, 0.15) is 31.4 Å². The van der Waals surface area contributed by atoms with Gasteiger partial charge in [0, 0.05) is 38.8 Å². The van der Waals surface area contributed by atoms with Crippen LogP contribution in [0.5, 0.6) is 0 Å². The molecule has 2 heterocycles. The Bertz CT molecular complexity index is 451. The van der Waals surface area contributed by atoms with E-state index in [9.17, 15) is 0 Å². The van der Waals surface area contributed by atoms with Gasteiger partial charge in [0.1, 0.15) is 5.82 Å². The molecule has 2 fully saturated rings.